The summed E-state index contributed by atoms with van der Waals surface area (Å²) >= 11 is 0. The van der Waals surface area contributed by atoms with Gasteiger partial charge in [0.05, 0.1) is 0 Å². The molecule has 0 saturated carbocycles. The van der Waals surface area contributed by atoms with Crippen LogP contribution in [-0.2, 0) is 13.6 Å². The zero-order valence-corrected chi connectivity index (χ0v) is 7.99. The van der Waals surface area contributed by atoms with Crippen LogP contribution in [0.25, 0.3) is 0 Å². The van der Waals surface area contributed by atoms with Crippen molar-refractivity contribution in [3.8, 4) is 0 Å². The lowest BCUT2D eigenvalue weighted by molar-refractivity contribution is 0.566. The van der Waals surface area contributed by atoms with E-state index in [0.29, 0.717) is 6.54 Å². The number of hydrogen-bond donors (Lipinski definition) is 0. The number of rotatable bonds is 3. The molecule has 0 saturated heterocycles. The molecule has 72 valence electrons. The Morgan fingerprint density at radius 3 is 2.69 bits per heavy atom. The van der Waals surface area contributed by atoms with Crippen molar-refractivity contribution < 1.29 is 0 Å². The fraction of sp³-hybridized carbons (Fsp3) is 0.556. The van der Waals surface area contributed by atoms with Crippen molar-refractivity contribution in [2.45, 2.75) is 26.3 Å². The molecule has 4 nitrogen and oxygen atoms in total. The van der Waals surface area contributed by atoms with E-state index in [1.807, 2.05) is 0 Å². The summed E-state index contributed by atoms with van der Waals surface area (Å²) in [4.78, 5) is 22.4. The fourth-order valence-electron chi connectivity index (χ4n) is 1.11. The summed E-state index contributed by atoms with van der Waals surface area (Å²) in [6, 6.07) is 1.41. The van der Waals surface area contributed by atoms with Gasteiger partial charge in [-0.2, -0.15) is 0 Å². The minimum atomic E-state index is -0.252. The highest BCUT2D eigenvalue weighted by molar-refractivity contribution is 4.84. The van der Waals surface area contributed by atoms with Crippen molar-refractivity contribution in [3.05, 3.63) is 33.1 Å². The molecule has 1 rings (SSSR count). The van der Waals surface area contributed by atoms with Crippen LogP contribution >= 0.6 is 0 Å². The number of aryl methyl sites for hydroxylation is 1. The first-order chi connectivity index (χ1) is 6.16. The lowest BCUT2D eigenvalue weighted by atomic mass is 10.3. The zero-order chi connectivity index (χ0) is 9.84. The third-order valence-electron chi connectivity index (χ3n) is 2.01. The molecule has 1 heterocycles. The Morgan fingerprint density at radius 2 is 2.08 bits per heavy atom. The predicted octanol–water partition coefficient (Wildman–Crippen LogP) is 0.347. The molecule has 1 aromatic rings. The number of nitrogens with zero attached hydrogens (tertiary/aromatic N) is 2. The molecule has 13 heavy (non-hydrogen) atoms. The van der Waals surface area contributed by atoms with Crippen molar-refractivity contribution in [2.24, 2.45) is 7.05 Å². The van der Waals surface area contributed by atoms with E-state index in [0.717, 1.165) is 17.4 Å². The van der Waals surface area contributed by atoms with Crippen LogP contribution in [0.1, 0.15) is 19.8 Å². The lowest BCUT2D eigenvalue weighted by Crippen LogP contribution is -2.36. The molecule has 0 unspecified atom stereocenters. The molecule has 0 radical (unpaired) electrons. The Labute approximate surface area is 76.4 Å². The summed E-state index contributed by atoms with van der Waals surface area (Å²) in [7, 11) is 1.49. The standard InChI is InChI=1S/C9H14N2O2/c1-3-4-6-11-7-5-8(12)10(2)9(11)13/h5,7H,3-4,6H2,1-2H3. The van der Waals surface area contributed by atoms with Gasteiger partial charge in [0, 0.05) is 25.9 Å². The Morgan fingerprint density at radius 1 is 1.38 bits per heavy atom. The maximum atomic E-state index is 11.4. The molecule has 0 aromatic carbocycles. The van der Waals surface area contributed by atoms with E-state index in [-0.39, 0.29) is 11.2 Å². The molecular formula is C9H14N2O2. The third kappa shape index (κ3) is 2.08. The van der Waals surface area contributed by atoms with E-state index in [9.17, 15) is 9.59 Å². The largest absolute Gasteiger partial charge is 0.330 e. The van der Waals surface area contributed by atoms with Crippen LogP contribution in [-0.4, -0.2) is 9.13 Å². The Kier molecular flexibility index (Phi) is 3.06. The molecule has 0 aliphatic carbocycles. The number of unbranched alkanes of at least 4 members (excludes halogenated alkanes) is 1. The van der Waals surface area contributed by atoms with Gasteiger partial charge in [-0.05, 0) is 6.42 Å². The average molecular weight is 182 g/mol. The second-order valence-electron chi connectivity index (χ2n) is 3.04. The summed E-state index contributed by atoms with van der Waals surface area (Å²) in [6.07, 6.45) is 3.55. The number of aromatic nitrogens is 2. The van der Waals surface area contributed by atoms with Crippen molar-refractivity contribution in [3.63, 3.8) is 0 Å². The van der Waals surface area contributed by atoms with Crippen LogP contribution < -0.4 is 11.2 Å². The summed E-state index contributed by atoms with van der Waals surface area (Å²) in [5, 5.41) is 0. The van der Waals surface area contributed by atoms with E-state index in [1.54, 1.807) is 10.8 Å². The van der Waals surface area contributed by atoms with Crippen molar-refractivity contribution >= 4 is 0 Å². The maximum Gasteiger partial charge on any atom is 0.330 e. The first-order valence-electron chi connectivity index (χ1n) is 4.43. The second kappa shape index (κ2) is 4.07. The summed E-state index contributed by atoms with van der Waals surface area (Å²) < 4.78 is 2.68. The quantitative estimate of drug-likeness (QED) is 0.677. The predicted molar refractivity (Wildman–Crippen MR) is 50.9 cm³/mol. The smallest absolute Gasteiger partial charge is 0.300 e. The SMILES string of the molecule is CCCCn1ccc(=O)n(C)c1=O. The topological polar surface area (TPSA) is 44.0 Å². The van der Waals surface area contributed by atoms with Gasteiger partial charge >= 0.3 is 5.69 Å². The highest BCUT2D eigenvalue weighted by atomic mass is 16.2. The average Bonchev–Trinajstić information content (AvgIpc) is 2.13. The minimum absolute atomic E-state index is 0.235. The summed E-state index contributed by atoms with van der Waals surface area (Å²) in [5.74, 6) is 0. The Hall–Kier alpha value is -1.32. The van der Waals surface area contributed by atoms with E-state index >= 15 is 0 Å². The molecule has 0 bridgehead atoms. The van der Waals surface area contributed by atoms with Crippen molar-refractivity contribution in [1.29, 1.82) is 0 Å². The van der Waals surface area contributed by atoms with E-state index in [4.69, 9.17) is 0 Å². The van der Waals surface area contributed by atoms with Crippen LogP contribution in [0.2, 0.25) is 0 Å². The monoisotopic (exact) mass is 182 g/mol. The van der Waals surface area contributed by atoms with Gasteiger partial charge in [-0.3, -0.25) is 9.36 Å². The molecule has 0 aliphatic rings. The molecular weight excluding hydrogens is 168 g/mol. The van der Waals surface area contributed by atoms with Crippen LogP contribution in [0.15, 0.2) is 21.9 Å². The van der Waals surface area contributed by atoms with Gasteiger partial charge in [-0.15, -0.1) is 0 Å². The highest BCUT2D eigenvalue weighted by Crippen LogP contribution is 1.89. The zero-order valence-electron chi connectivity index (χ0n) is 7.99. The molecule has 0 fully saturated rings. The van der Waals surface area contributed by atoms with Crippen molar-refractivity contribution in [2.75, 3.05) is 0 Å². The normalized spacial score (nSPS) is 10.3. The van der Waals surface area contributed by atoms with Gasteiger partial charge in [0.2, 0.25) is 0 Å². The maximum absolute atomic E-state index is 11.4. The van der Waals surface area contributed by atoms with Crippen LogP contribution in [0.5, 0.6) is 0 Å². The van der Waals surface area contributed by atoms with Gasteiger partial charge < -0.3 is 4.57 Å². The van der Waals surface area contributed by atoms with E-state index in [2.05, 4.69) is 6.92 Å². The van der Waals surface area contributed by atoms with Crippen molar-refractivity contribution in [1.82, 2.24) is 9.13 Å². The van der Waals surface area contributed by atoms with Crippen LogP contribution in [0.3, 0.4) is 0 Å². The van der Waals surface area contributed by atoms with E-state index in [1.165, 1.54) is 13.1 Å². The molecule has 0 amide bonds. The highest BCUT2D eigenvalue weighted by Gasteiger charge is 1.99. The molecule has 0 N–H and O–H groups in total. The van der Waals surface area contributed by atoms with Gasteiger partial charge in [-0.1, -0.05) is 13.3 Å². The minimum Gasteiger partial charge on any atom is -0.300 e. The second-order valence-corrected chi connectivity index (χ2v) is 3.04. The summed E-state index contributed by atoms with van der Waals surface area (Å²) in [5.41, 5.74) is -0.487. The van der Waals surface area contributed by atoms with Crippen LogP contribution in [0.4, 0.5) is 0 Å². The van der Waals surface area contributed by atoms with Gasteiger partial charge in [0.1, 0.15) is 0 Å². The molecule has 0 spiro atoms. The fourth-order valence-corrected chi connectivity index (χ4v) is 1.11. The van der Waals surface area contributed by atoms with Gasteiger partial charge in [0.25, 0.3) is 5.56 Å². The first-order valence-corrected chi connectivity index (χ1v) is 4.43. The molecule has 1 aromatic heterocycles. The molecule has 4 heteroatoms. The third-order valence-corrected chi connectivity index (χ3v) is 2.01. The van der Waals surface area contributed by atoms with Crippen LogP contribution in [0, 0.1) is 0 Å². The molecule has 0 aliphatic heterocycles. The molecule has 0 atom stereocenters. The van der Waals surface area contributed by atoms with E-state index < -0.39 is 0 Å². The summed E-state index contributed by atoms with van der Waals surface area (Å²) in [6.45, 7) is 2.75. The lowest BCUT2D eigenvalue weighted by Gasteiger charge is -2.04. The Bertz CT molecular complexity index is 389. The number of hydrogen-bond acceptors (Lipinski definition) is 2. The Balaban J connectivity index is 3.05. The van der Waals surface area contributed by atoms with Gasteiger partial charge in [0.15, 0.2) is 0 Å². The van der Waals surface area contributed by atoms with Gasteiger partial charge in [-0.25, -0.2) is 4.79 Å². The first kappa shape index (κ1) is 9.77.